The van der Waals surface area contributed by atoms with Crippen molar-refractivity contribution >= 4 is 17.6 Å². The van der Waals surface area contributed by atoms with Crippen LogP contribution in [0, 0.1) is 0 Å². The van der Waals surface area contributed by atoms with Gasteiger partial charge in [-0.1, -0.05) is 11.6 Å². The summed E-state index contributed by atoms with van der Waals surface area (Å²) in [6.07, 6.45) is -0.0775. The van der Waals surface area contributed by atoms with Crippen molar-refractivity contribution < 1.29 is 20.1 Å². The second-order valence-electron chi connectivity index (χ2n) is 3.08. The zero-order valence-electron chi connectivity index (χ0n) is 7.64. The quantitative estimate of drug-likeness (QED) is 0.574. The molecule has 1 rings (SSSR count). The molecule has 0 amide bonds. The van der Waals surface area contributed by atoms with Gasteiger partial charge in [0.05, 0.1) is 5.02 Å². The Labute approximate surface area is 90.7 Å². The largest absolute Gasteiger partial charge is 0.508 e. The number of nitrogens with two attached hydrogens (primary N) is 1. The standard InChI is InChI=1S/C9H10ClNO4/c10-5-3-7(12)4(2-8(5)13)1-6(11)9(14)15/h2-3,6,12-13H,1,11H2,(H,14,15)/t6-/m0/s1. The summed E-state index contributed by atoms with van der Waals surface area (Å²) >= 11 is 5.53. The van der Waals surface area contributed by atoms with Crippen molar-refractivity contribution in [3.63, 3.8) is 0 Å². The summed E-state index contributed by atoms with van der Waals surface area (Å²) in [5, 5.41) is 27.2. The summed E-state index contributed by atoms with van der Waals surface area (Å²) in [5.41, 5.74) is 5.52. The molecule has 0 aliphatic heterocycles. The number of hydrogen-bond donors (Lipinski definition) is 4. The molecule has 82 valence electrons. The third-order valence-electron chi connectivity index (χ3n) is 1.91. The lowest BCUT2D eigenvalue weighted by Gasteiger charge is -2.09. The molecular weight excluding hydrogens is 222 g/mol. The van der Waals surface area contributed by atoms with Crippen molar-refractivity contribution in [1.29, 1.82) is 0 Å². The van der Waals surface area contributed by atoms with E-state index in [1.807, 2.05) is 0 Å². The number of carboxylic acids is 1. The van der Waals surface area contributed by atoms with Gasteiger partial charge in [-0.05, 0) is 11.6 Å². The lowest BCUT2D eigenvalue weighted by Crippen LogP contribution is -2.32. The average Bonchev–Trinajstić information content (AvgIpc) is 2.13. The van der Waals surface area contributed by atoms with Crippen LogP contribution in [0.25, 0.3) is 0 Å². The summed E-state index contributed by atoms with van der Waals surface area (Å²) in [6, 6.07) is 1.21. The van der Waals surface area contributed by atoms with Gasteiger partial charge in [-0.25, -0.2) is 0 Å². The molecule has 1 aromatic rings. The van der Waals surface area contributed by atoms with Crippen LogP contribution in [-0.2, 0) is 11.2 Å². The van der Waals surface area contributed by atoms with E-state index in [9.17, 15) is 15.0 Å². The maximum Gasteiger partial charge on any atom is 0.320 e. The molecule has 0 heterocycles. The van der Waals surface area contributed by atoms with Crippen LogP contribution in [0.1, 0.15) is 5.56 Å². The third kappa shape index (κ3) is 2.74. The molecule has 6 heteroatoms. The number of carbonyl (C=O) groups is 1. The summed E-state index contributed by atoms with van der Waals surface area (Å²) in [5.74, 6) is -1.58. The summed E-state index contributed by atoms with van der Waals surface area (Å²) in [7, 11) is 0. The van der Waals surface area contributed by atoms with E-state index >= 15 is 0 Å². The van der Waals surface area contributed by atoms with E-state index in [0.717, 1.165) is 6.07 Å². The molecule has 0 radical (unpaired) electrons. The number of hydrogen-bond acceptors (Lipinski definition) is 4. The van der Waals surface area contributed by atoms with E-state index in [1.54, 1.807) is 0 Å². The normalized spacial score (nSPS) is 12.4. The number of aromatic hydroxyl groups is 2. The molecule has 5 nitrogen and oxygen atoms in total. The van der Waals surface area contributed by atoms with Gasteiger partial charge in [0.25, 0.3) is 0 Å². The molecular formula is C9H10ClNO4. The summed E-state index contributed by atoms with van der Waals surface area (Å²) in [4.78, 5) is 10.5. The molecule has 0 saturated carbocycles. The predicted molar refractivity (Wildman–Crippen MR) is 54.1 cm³/mol. The van der Waals surface area contributed by atoms with Crippen molar-refractivity contribution in [2.75, 3.05) is 0 Å². The van der Waals surface area contributed by atoms with Gasteiger partial charge in [-0.2, -0.15) is 0 Å². The van der Waals surface area contributed by atoms with Gasteiger partial charge >= 0.3 is 5.97 Å². The zero-order chi connectivity index (χ0) is 11.6. The Morgan fingerprint density at radius 1 is 1.40 bits per heavy atom. The SMILES string of the molecule is N[C@@H](Cc1cc(O)c(Cl)cc1O)C(=O)O. The number of phenols is 2. The number of rotatable bonds is 3. The van der Waals surface area contributed by atoms with Crippen LogP contribution in [0.2, 0.25) is 5.02 Å². The molecule has 0 bridgehead atoms. The van der Waals surface area contributed by atoms with Crippen molar-refractivity contribution in [1.82, 2.24) is 0 Å². The Morgan fingerprint density at radius 3 is 2.53 bits per heavy atom. The number of phenolic OH excluding ortho intramolecular Hbond substituents is 2. The minimum absolute atomic E-state index is 0.000136. The highest BCUT2D eigenvalue weighted by molar-refractivity contribution is 6.32. The van der Waals surface area contributed by atoms with Gasteiger partial charge in [0.2, 0.25) is 0 Å². The molecule has 5 N–H and O–H groups in total. The Kier molecular flexibility index (Phi) is 3.39. The molecule has 15 heavy (non-hydrogen) atoms. The van der Waals surface area contributed by atoms with Gasteiger partial charge in [-0.15, -0.1) is 0 Å². The third-order valence-corrected chi connectivity index (χ3v) is 2.21. The molecule has 0 unspecified atom stereocenters. The minimum atomic E-state index is -1.18. The number of benzene rings is 1. The van der Waals surface area contributed by atoms with Crippen LogP contribution in [0.4, 0.5) is 0 Å². The van der Waals surface area contributed by atoms with E-state index in [0.29, 0.717) is 0 Å². The van der Waals surface area contributed by atoms with Crippen molar-refractivity contribution in [2.45, 2.75) is 12.5 Å². The highest BCUT2D eigenvalue weighted by Crippen LogP contribution is 2.31. The summed E-state index contributed by atoms with van der Waals surface area (Å²) < 4.78 is 0. The van der Waals surface area contributed by atoms with Crippen molar-refractivity contribution in [3.05, 3.63) is 22.7 Å². The average molecular weight is 232 g/mol. The van der Waals surface area contributed by atoms with Crippen LogP contribution in [0.5, 0.6) is 11.5 Å². The van der Waals surface area contributed by atoms with Crippen LogP contribution in [-0.4, -0.2) is 27.3 Å². The van der Waals surface area contributed by atoms with Gasteiger partial charge < -0.3 is 21.1 Å². The second kappa shape index (κ2) is 4.37. The molecule has 0 spiro atoms. The highest BCUT2D eigenvalue weighted by Gasteiger charge is 2.16. The zero-order valence-corrected chi connectivity index (χ0v) is 8.40. The molecule has 0 saturated heterocycles. The molecule has 1 aromatic carbocycles. The molecule has 0 fully saturated rings. The molecule has 0 aliphatic rings. The maximum absolute atomic E-state index is 10.5. The van der Waals surface area contributed by atoms with Crippen molar-refractivity contribution in [2.24, 2.45) is 5.73 Å². The fourth-order valence-corrected chi connectivity index (χ4v) is 1.24. The highest BCUT2D eigenvalue weighted by atomic mass is 35.5. The summed E-state index contributed by atoms with van der Waals surface area (Å²) in [6.45, 7) is 0. The van der Waals surface area contributed by atoms with E-state index < -0.39 is 12.0 Å². The molecule has 0 aliphatic carbocycles. The van der Waals surface area contributed by atoms with Gasteiger partial charge in [-0.3, -0.25) is 4.79 Å². The lowest BCUT2D eigenvalue weighted by atomic mass is 10.1. The maximum atomic E-state index is 10.5. The fourth-order valence-electron chi connectivity index (χ4n) is 1.08. The number of carboxylic acid groups (broad SMARTS) is 1. The van der Waals surface area contributed by atoms with Gasteiger partial charge in [0.15, 0.2) is 0 Å². The fraction of sp³-hybridized carbons (Fsp3) is 0.222. The Morgan fingerprint density at radius 2 is 2.00 bits per heavy atom. The molecule has 1 atom stereocenters. The van der Waals surface area contributed by atoms with Gasteiger partial charge in [0.1, 0.15) is 17.5 Å². The van der Waals surface area contributed by atoms with E-state index in [1.165, 1.54) is 6.07 Å². The Bertz CT molecular complexity index is 394. The Hall–Kier alpha value is -1.46. The van der Waals surface area contributed by atoms with E-state index in [4.69, 9.17) is 22.4 Å². The number of aliphatic carboxylic acids is 1. The first-order valence-electron chi connectivity index (χ1n) is 4.10. The van der Waals surface area contributed by atoms with Crippen LogP contribution >= 0.6 is 11.6 Å². The van der Waals surface area contributed by atoms with E-state index in [2.05, 4.69) is 0 Å². The smallest absolute Gasteiger partial charge is 0.320 e. The topological polar surface area (TPSA) is 104 Å². The van der Waals surface area contributed by atoms with Crippen LogP contribution < -0.4 is 5.73 Å². The van der Waals surface area contributed by atoms with Crippen LogP contribution in [0.3, 0.4) is 0 Å². The van der Waals surface area contributed by atoms with Crippen molar-refractivity contribution in [3.8, 4) is 11.5 Å². The van der Waals surface area contributed by atoms with Crippen LogP contribution in [0.15, 0.2) is 12.1 Å². The number of halogens is 1. The molecule has 0 aromatic heterocycles. The minimum Gasteiger partial charge on any atom is -0.508 e. The first kappa shape index (κ1) is 11.6. The second-order valence-corrected chi connectivity index (χ2v) is 3.49. The first-order valence-corrected chi connectivity index (χ1v) is 4.48. The monoisotopic (exact) mass is 231 g/mol. The van der Waals surface area contributed by atoms with E-state index in [-0.39, 0.29) is 28.5 Å². The van der Waals surface area contributed by atoms with Gasteiger partial charge in [0, 0.05) is 12.5 Å². The lowest BCUT2D eigenvalue weighted by molar-refractivity contribution is -0.138. The Balaban J connectivity index is 2.95. The predicted octanol–water partition coefficient (Wildman–Crippen LogP) is 0.706. The first-order chi connectivity index (χ1) is 6.91.